The van der Waals surface area contributed by atoms with Crippen molar-refractivity contribution in [2.75, 3.05) is 7.11 Å². The van der Waals surface area contributed by atoms with Crippen molar-refractivity contribution in [3.8, 4) is 0 Å². The molecule has 9 heteroatoms. The summed E-state index contributed by atoms with van der Waals surface area (Å²) in [5.41, 5.74) is 4.20. The van der Waals surface area contributed by atoms with Crippen LogP contribution in [0, 0.1) is 0 Å². The van der Waals surface area contributed by atoms with E-state index in [9.17, 15) is 14.4 Å². The number of carbonyl (C=O) groups excluding carboxylic acids is 2. The van der Waals surface area contributed by atoms with Crippen LogP contribution in [0.3, 0.4) is 0 Å². The largest absolute Gasteiger partial charge is 0.477 e. The predicted molar refractivity (Wildman–Crippen MR) is 59.8 cm³/mol. The summed E-state index contributed by atoms with van der Waals surface area (Å²) in [6.07, 6.45) is 1.14. The number of rotatable bonds is 3. The number of nitrogens with zero attached hydrogens (tertiary/aromatic N) is 3. The number of esters is 1. The first-order valence-corrected chi connectivity index (χ1v) is 4.95. The number of carboxylic acids is 1. The number of primary amides is 1. The van der Waals surface area contributed by atoms with Gasteiger partial charge in [-0.25, -0.2) is 19.6 Å². The number of hydrogen-bond acceptors (Lipinski definition) is 6. The Bertz CT molecular complexity index is 705. The lowest BCUT2D eigenvalue weighted by molar-refractivity contribution is 0.0591. The van der Waals surface area contributed by atoms with Crippen molar-refractivity contribution < 1.29 is 24.2 Å². The predicted octanol–water partition coefficient (Wildman–Crippen LogP) is -0.687. The third kappa shape index (κ3) is 1.97. The molecular weight excluding hydrogens is 256 g/mol. The summed E-state index contributed by atoms with van der Waals surface area (Å²) in [6, 6.07) is 1.02. The van der Waals surface area contributed by atoms with Gasteiger partial charge in [-0.05, 0) is 0 Å². The molecule has 0 bridgehead atoms. The molecule has 2 aromatic heterocycles. The molecule has 3 N–H and O–H groups in total. The number of amides is 1. The zero-order valence-corrected chi connectivity index (χ0v) is 9.65. The summed E-state index contributed by atoms with van der Waals surface area (Å²) in [7, 11) is 1.14. The number of carboxylic acid groups (broad SMARTS) is 1. The van der Waals surface area contributed by atoms with Crippen LogP contribution in [0.2, 0.25) is 0 Å². The van der Waals surface area contributed by atoms with Gasteiger partial charge >= 0.3 is 11.9 Å². The highest BCUT2D eigenvalue weighted by molar-refractivity contribution is 5.99. The van der Waals surface area contributed by atoms with E-state index < -0.39 is 23.5 Å². The van der Waals surface area contributed by atoms with Crippen molar-refractivity contribution in [3.05, 3.63) is 29.5 Å². The van der Waals surface area contributed by atoms with Crippen LogP contribution in [0.4, 0.5) is 0 Å². The number of methoxy groups -OCH3 is 1. The lowest BCUT2D eigenvalue weighted by Gasteiger charge is -2.04. The third-order valence-electron chi connectivity index (χ3n) is 2.35. The Kier molecular flexibility index (Phi) is 2.87. The van der Waals surface area contributed by atoms with E-state index in [2.05, 4.69) is 14.7 Å². The fraction of sp³-hybridized carbons (Fsp3) is 0.100. The minimum Gasteiger partial charge on any atom is -0.477 e. The number of carbonyl (C=O) groups is 3. The van der Waals surface area contributed by atoms with E-state index in [1.807, 2.05) is 0 Å². The second kappa shape index (κ2) is 4.37. The molecule has 98 valence electrons. The van der Waals surface area contributed by atoms with Gasteiger partial charge in [0, 0.05) is 6.07 Å². The lowest BCUT2D eigenvalue weighted by Crippen LogP contribution is -2.15. The number of nitrogens with two attached hydrogens (primary N) is 1. The van der Waals surface area contributed by atoms with Crippen molar-refractivity contribution in [3.63, 3.8) is 0 Å². The van der Waals surface area contributed by atoms with E-state index in [1.54, 1.807) is 0 Å². The van der Waals surface area contributed by atoms with Gasteiger partial charge in [0.05, 0.1) is 7.11 Å². The monoisotopic (exact) mass is 264 g/mol. The van der Waals surface area contributed by atoms with E-state index in [0.29, 0.717) is 0 Å². The van der Waals surface area contributed by atoms with Gasteiger partial charge in [-0.2, -0.15) is 0 Å². The zero-order chi connectivity index (χ0) is 14.2. The molecule has 0 radical (unpaired) electrons. The van der Waals surface area contributed by atoms with Crippen LogP contribution in [0.15, 0.2) is 12.4 Å². The maximum absolute atomic E-state index is 11.6. The Morgan fingerprint density at radius 1 is 1.42 bits per heavy atom. The zero-order valence-electron chi connectivity index (χ0n) is 9.65. The van der Waals surface area contributed by atoms with Crippen molar-refractivity contribution >= 4 is 23.5 Å². The van der Waals surface area contributed by atoms with Crippen molar-refractivity contribution in [2.24, 2.45) is 5.73 Å². The minimum absolute atomic E-state index is 0.118. The van der Waals surface area contributed by atoms with Crippen LogP contribution < -0.4 is 5.73 Å². The van der Waals surface area contributed by atoms with Crippen molar-refractivity contribution in [2.45, 2.75) is 0 Å². The number of aromatic nitrogens is 3. The molecule has 0 spiro atoms. The van der Waals surface area contributed by atoms with Gasteiger partial charge in [0.15, 0.2) is 17.0 Å². The van der Waals surface area contributed by atoms with Gasteiger partial charge in [-0.3, -0.25) is 9.20 Å². The molecule has 0 saturated heterocycles. The van der Waals surface area contributed by atoms with Crippen LogP contribution in [0.1, 0.15) is 31.5 Å². The Labute approximate surface area is 105 Å². The van der Waals surface area contributed by atoms with Gasteiger partial charge in [-0.1, -0.05) is 0 Å². The van der Waals surface area contributed by atoms with E-state index in [0.717, 1.165) is 23.9 Å². The number of fused-ring (bicyclic) bond motifs is 1. The Hall–Kier alpha value is -2.97. The molecule has 0 aromatic carbocycles. The molecule has 0 aliphatic carbocycles. The molecule has 2 rings (SSSR count). The normalized spacial score (nSPS) is 10.4. The van der Waals surface area contributed by atoms with Gasteiger partial charge in [0.25, 0.3) is 5.91 Å². The SMILES string of the molecule is COC(=O)c1cc(C(=O)O)nc2c(C(N)=O)ncn12. The van der Waals surface area contributed by atoms with Gasteiger partial charge < -0.3 is 15.6 Å². The van der Waals surface area contributed by atoms with Crippen LogP contribution in [0.25, 0.3) is 5.65 Å². The molecule has 9 nitrogen and oxygen atoms in total. The highest BCUT2D eigenvalue weighted by atomic mass is 16.5. The Morgan fingerprint density at radius 2 is 2.11 bits per heavy atom. The standard InChI is InChI=1S/C10H8N4O5/c1-19-10(18)5-2-4(9(16)17)13-8-6(7(11)15)12-3-14(5)8/h2-3H,1H3,(H2,11,15)(H,16,17). The highest BCUT2D eigenvalue weighted by Gasteiger charge is 2.21. The molecule has 0 fully saturated rings. The number of ether oxygens (including phenoxy) is 1. The van der Waals surface area contributed by atoms with Gasteiger partial charge in [0.1, 0.15) is 12.0 Å². The molecular formula is C10H8N4O5. The highest BCUT2D eigenvalue weighted by Crippen LogP contribution is 2.13. The topological polar surface area (TPSA) is 137 Å². The number of aromatic carboxylic acids is 1. The average Bonchev–Trinajstić information content (AvgIpc) is 2.80. The maximum Gasteiger partial charge on any atom is 0.355 e. The van der Waals surface area contributed by atoms with E-state index in [1.165, 1.54) is 0 Å². The van der Waals surface area contributed by atoms with Crippen LogP contribution >= 0.6 is 0 Å². The number of imidazole rings is 1. The molecule has 0 saturated carbocycles. The van der Waals surface area contributed by atoms with Crippen molar-refractivity contribution in [1.29, 1.82) is 0 Å². The summed E-state index contributed by atoms with van der Waals surface area (Å²) in [5, 5.41) is 8.93. The van der Waals surface area contributed by atoms with Crippen LogP contribution in [-0.4, -0.2) is 44.4 Å². The summed E-state index contributed by atoms with van der Waals surface area (Å²) in [6.45, 7) is 0. The summed E-state index contributed by atoms with van der Waals surface area (Å²) in [4.78, 5) is 41.1. The molecule has 19 heavy (non-hydrogen) atoms. The van der Waals surface area contributed by atoms with E-state index >= 15 is 0 Å². The fourth-order valence-corrected chi connectivity index (χ4v) is 1.52. The summed E-state index contributed by atoms with van der Waals surface area (Å²) in [5.74, 6) is -3.03. The summed E-state index contributed by atoms with van der Waals surface area (Å²) >= 11 is 0. The van der Waals surface area contributed by atoms with Gasteiger partial charge in [0.2, 0.25) is 0 Å². The van der Waals surface area contributed by atoms with Gasteiger partial charge in [-0.15, -0.1) is 0 Å². The quantitative estimate of drug-likeness (QED) is 0.700. The second-order valence-corrected chi connectivity index (χ2v) is 3.47. The Balaban J connectivity index is 2.83. The van der Waals surface area contributed by atoms with Crippen LogP contribution in [-0.2, 0) is 4.74 Å². The second-order valence-electron chi connectivity index (χ2n) is 3.47. The first kappa shape index (κ1) is 12.5. The smallest absolute Gasteiger partial charge is 0.355 e. The molecule has 2 heterocycles. The minimum atomic E-state index is -1.36. The van der Waals surface area contributed by atoms with E-state index in [-0.39, 0.29) is 17.0 Å². The molecule has 0 unspecified atom stereocenters. The molecule has 2 aromatic rings. The summed E-state index contributed by atoms with van der Waals surface area (Å²) < 4.78 is 5.66. The maximum atomic E-state index is 11.6. The first-order valence-electron chi connectivity index (χ1n) is 4.95. The molecule has 0 atom stereocenters. The first-order chi connectivity index (χ1) is 8.95. The number of hydrogen-bond donors (Lipinski definition) is 2. The van der Waals surface area contributed by atoms with Crippen molar-refractivity contribution in [1.82, 2.24) is 14.4 Å². The van der Waals surface area contributed by atoms with E-state index in [4.69, 9.17) is 10.8 Å². The molecule has 1 amide bonds. The lowest BCUT2D eigenvalue weighted by atomic mass is 10.3. The third-order valence-corrected chi connectivity index (χ3v) is 2.35. The fourth-order valence-electron chi connectivity index (χ4n) is 1.52. The Morgan fingerprint density at radius 3 is 2.63 bits per heavy atom. The van der Waals surface area contributed by atoms with Crippen LogP contribution in [0.5, 0.6) is 0 Å². The molecule has 0 aliphatic heterocycles. The average molecular weight is 264 g/mol. The molecule has 0 aliphatic rings.